The molecule has 0 heterocycles. The van der Waals surface area contributed by atoms with E-state index in [1.165, 1.54) is 0 Å². The van der Waals surface area contributed by atoms with E-state index >= 15 is 0 Å². The van der Waals surface area contributed by atoms with Gasteiger partial charge in [-0.3, -0.25) is 18.9 Å². The topological polar surface area (TPSA) is 126 Å². The zero-order valence-electron chi connectivity index (χ0n) is 20.8. The monoisotopic (exact) mass is 607 g/mol. The highest BCUT2D eigenvalue weighted by molar-refractivity contribution is 9.10. The number of hydrogen-bond donors (Lipinski definition) is 1. The van der Waals surface area contributed by atoms with Crippen LogP contribution in [0.15, 0.2) is 71.2 Å². The number of phosphoric acid groups is 1. The Bertz CT molecular complexity index is 1290. The minimum absolute atomic E-state index is 0.302. The smallest absolute Gasteiger partial charge is 0.438 e. The third-order valence-electron chi connectivity index (χ3n) is 5.15. The van der Waals surface area contributed by atoms with Crippen LogP contribution in [0, 0.1) is 0 Å². The van der Waals surface area contributed by atoms with Crippen LogP contribution in [0.25, 0.3) is 10.8 Å². The standard InChI is InChI=1S/C26H27BrNO9P/c1-18(29)33-16-36-38(32,37-17-34-19(2)30)35-15-22(14-20-8-4-3-5-9-20)28-26(31)24-13-12-21-10-6-7-11-23(21)25(24)27/h3-13,22H,14-17H2,1-2H3,(H,28,31)/t22-/m1/s1. The molecule has 0 aliphatic carbocycles. The van der Waals surface area contributed by atoms with Gasteiger partial charge in [0.25, 0.3) is 5.91 Å². The number of carbonyl (C=O) groups excluding carboxylic acids is 3. The molecule has 1 atom stereocenters. The van der Waals surface area contributed by atoms with E-state index in [2.05, 4.69) is 30.7 Å². The van der Waals surface area contributed by atoms with Crippen molar-refractivity contribution in [1.29, 1.82) is 0 Å². The fraction of sp³-hybridized carbons (Fsp3) is 0.269. The van der Waals surface area contributed by atoms with Gasteiger partial charge in [-0.25, -0.2) is 13.6 Å². The first-order chi connectivity index (χ1) is 18.2. The molecule has 0 fully saturated rings. The number of esters is 2. The van der Waals surface area contributed by atoms with E-state index in [0.29, 0.717) is 16.5 Å². The van der Waals surface area contributed by atoms with Gasteiger partial charge >= 0.3 is 19.8 Å². The molecule has 0 saturated carbocycles. The van der Waals surface area contributed by atoms with E-state index in [-0.39, 0.29) is 12.5 Å². The molecule has 3 rings (SSSR count). The fourth-order valence-electron chi connectivity index (χ4n) is 3.36. The van der Waals surface area contributed by atoms with Crippen molar-refractivity contribution in [2.24, 2.45) is 0 Å². The Labute approximate surface area is 228 Å². The Balaban J connectivity index is 1.78. The maximum Gasteiger partial charge on any atom is 0.480 e. The molecule has 0 aliphatic heterocycles. The minimum Gasteiger partial charge on any atom is -0.438 e. The van der Waals surface area contributed by atoms with Crippen molar-refractivity contribution >= 4 is 52.4 Å². The number of fused-ring (bicyclic) bond motifs is 1. The average Bonchev–Trinajstić information content (AvgIpc) is 2.88. The van der Waals surface area contributed by atoms with Crippen LogP contribution in [0.5, 0.6) is 0 Å². The highest BCUT2D eigenvalue weighted by atomic mass is 79.9. The SMILES string of the molecule is CC(=O)OCOP(=O)(OCOC(C)=O)OC[C@@H](Cc1ccccc1)NC(=O)c1ccc2ccccc2c1Br. The number of benzene rings is 3. The second-order valence-electron chi connectivity index (χ2n) is 8.02. The van der Waals surface area contributed by atoms with Gasteiger partial charge < -0.3 is 14.8 Å². The van der Waals surface area contributed by atoms with E-state index in [1.807, 2.05) is 60.7 Å². The average molecular weight is 608 g/mol. The first kappa shape index (κ1) is 29.5. The molecule has 3 aromatic carbocycles. The Morgan fingerprint density at radius 2 is 1.45 bits per heavy atom. The third kappa shape index (κ3) is 9.04. The van der Waals surface area contributed by atoms with Crippen LogP contribution >= 0.6 is 23.8 Å². The zero-order valence-corrected chi connectivity index (χ0v) is 23.2. The lowest BCUT2D eigenvalue weighted by atomic mass is 10.0. The zero-order chi connectivity index (χ0) is 27.5. The first-order valence-corrected chi connectivity index (χ1v) is 13.7. The molecule has 0 saturated heterocycles. The molecule has 1 N–H and O–H groups in total. The van der Waals surface area contributed by atoms with Crippen LogP contribution in [0.2, 0.25) is 0 Å². The van der Waals surface area contributed by atoms with Gasteiger partial charge in [-0.15, -0.1) is 0 Å². The molecule has 0 bridgehead atoms. The third-order valence-corrected chi connectivity index (χ3v) is 7.31. The van der Waals surface area contributed by atoms with Crippen LogP contribution in [0.1, 0.15) is 29.8 Å². The van der Waals surface area contributed by atoms with Crippen molar-refractivity contribution in [2.75, 3.05) is 20.2 Å². The molecule has 10 nitrogen and oxygen atoms in total. The maximum absolute atomic E-state index is 13.3. The van der Waals surface area contributed by atoms with Crippen LogP contribution in [-0.4, -0.2) is 44.1 Å². The molecular weight excluding hydrogens is 581 g/mol. The van der Waals surface area contributed by atoms with Gasteiger partial charge in [0.05, 0.1) is 18.2 Å². The summed E-state index contributed by atoms with van der Waals surface area (Å²) in [4.78, 5) is 35.4. The summed E-state index contributed by atoms with van der Waals surface area (Å²) >= 11 is 3.53. The first-order valence-electron chi connectivity index (χ1n) is 11.5. The number of rotatable bonds is 13. The molecular formula is C26H27BrNO9P. The number of nitrogens with one attached hydrogen (secondary N) is 1. The summed E-state index contributed by atoms with van der Waals surface area (Å²) in [5.74, 6) is -1.73. The highest BCUT2D eigenvalue weighted by Crippen LogP contribution is 2.49. The largest absolute Gasteiger partial charge is 0.480 e. The van der Waals surface area contributed by atoms with Crippen LogP contribution in [0.3, 0.4) is 0 Å². The van der Waals surface area contributed by atoms with Crippen molar-refractivity contribution in [3.8, 4) is 0 Å². The van der Waals surface area contributed by atoms with Crippen molar-refractivity contribution in [1.82, 2.24) is 5.32 Å². The molecule has 202 valence electrons. The van der Waals surface area contributed by atoms with E-state index in [1.54, 1.807) is 6.07 Å². The lowest BCUT2D eigenvalue weighted by Crippen LogP contribution is -2.40. The minimum atomic E-state index is -4.36. The highest BCUT2D eigenvalue weighted by Gasteiger charge is 2.30. The summed E-state index contributed by atoms with van der Waals surface area (Å²) < 4.78 is 38.6. The quantitative estimate of drug-likeness (QED) is 0.159. The van der Waals surface area contributed by atoms with Gasteiger partial charge in [0.2, 0.25) is 13.6 Å². The predicted molar refractivity (Wildman–Crippen MR) is 142 cm³/mol. The summed E-state index contributed by atoms with van der Waals surface area (Å²) in [6.07, 6.45) is 0.325. The van der Waals surface area contributed by atoms with E-state index in [9.17, 15) is 18.9 Å². The molecule has 0 radical (unpaired) electrons. The Hall–Kier alpha value is -3.08. The molecule has 38 heavy (non-hydrogen) atoms. The van der Waals surface area contributed by atoms with E-state index in [0.717, 1.165) is 30.2 Å². The molecule has 3 aromatic rings. The molecule has 0 aliphatic rings. The maximum atomic E-state index is 13.3. The summed E-state index contributed by atoms with van der Waals surface area (Å²) in [6.45, 7) is 0.554. The lowest BCUT2D eigenvalue weighted by molar-refractivity contribution is -0.151. The van der Waals surface area contributed by atoms with E-state index in [4.69, 9.17) is 13.6 Å². The number of hydrogen-bond acceptors (Lipinski definition) is 9. The molecule has 0 unspecified atom stereocenters. The summed E-state index contributed by atoms with van der Waals surface area (Å²) in [6, 6.07) is 19.8. The van der Waals surface area contributed by atoms with Crippen molar-refractivity contribution < 1.29 is 42.0 Å². The summed E-state index contributed by atoms with van der Waals surface area (Å²) in [5, 5.41) is 4.75. The summed E-state index contributed by atoms with van der Waals surface area (Å²) in [7, 11) is -4.36. The predicted octanol–water partition coefficient (Wildman–Crippen LogP) is 5.14. The normalized spacial score (nSPS) is 12.1. The van der Waals surface area contributed by atoms with Gasteiger partial charge in [0, 0.05) is 18.3 Å². The number of carbonyl (C=O) groups is 3. The molecule has 0 spiro atoms. The van der Waals surface area contributed by atoms with Gasteiger partial charge in [0.15, 0.2) is 0 Å². The number of phosphoric ester groups is 1. The van der Waals surface area contributed by atoms with Crippen molar-refractivity contribution in [3.63, 3.8) is 0 Å². The Morgan fingerprint density at radius 1 is 0.842 bits per heavy atom. The van der Waals surface area contributed by atoms with Gasteiger partial charge in [-0.05, 0) is 44.8 Å². The number of amides is 1. The number of halogens is 1. The van der Waals surface area contributed by atoms with Gasteiger partial charge in [-0.2, -0.15) is 0 Å². The summed E-state index contributed by atoms with van der Waals surface area (Å²) in [5.41, 5.74) is 1.29. The second-order valence-corrected chi connectivity index (χ2v) is 10.5. The Kier molecular flexibility index (Phi) is 11.0. The second kappa shape index (κ2) is 14.2. The lowest BCUT2D eigenvalue weighted by Gasteiger charge is -2.23. The van der Waals surface area contributed by atoms with Crippen LogP contribution in [0.4, 0.5) is 0 Å². The van der Waals surface area contributed by atoms with Gasteiger partial charge in [0.1, 0.15) is 0 Å². The molecule has 1 amide bonds. The van der Waals surface area contributed by atoms with Crippen molar-refractivity contribution in [2.45, 2.75) is 26.3 Å². The van der Waals surface area contributed by atoms with Crippen LogP contribution in [-0.2, 0) is 43.6 Å². The van der Waals surface area contributed by atoms with Crippen LogP contribution < -0.4 is 5.32 Å². The fourth-order valence-corrected chi connectivity index (χ4v) is 4.99. The Morgan fingerprint density at radius 3 is 2.08 bits per heavy atom. The number of ether oxygens (including phenoxy) is 2. The molecule has 12 heteroatoms. The molecule has 0 aromatic heterocycles. The van der Waals surface area contributed by atoms with Gasteiger partial charge in [-0.1, -0.05) is 60.7 Å². The van der Waals surface area contributed by atoms with Crippen molar-refractivity contribution in [3.05, 3.63) is 82.3 Å². The van der Waals surface area contributed by atoms with E-state index < -0.39 is 39.4 Å².